The van der Waals surface area contributed by atoms with Gasteiger partial charge in [-0.2, -0.15) is 0 Å². The minimum absolute atomic E-state index is 0.0700. The van der Waals surface area contributed by atoms with Gasteiger partial charge in [-0.05, 0) is 51.9 Å². The van der Waals surface area contributed by atoms with Crippen LogP contribution in [0, 0.1) is 17.3 Å². The molecule has 0 aromatic carbocycles. The second kappa shape index (κ2) is 4.80. The first-order valence-electron chi connectivity index (χ1n) is 7.22. The van der Waals surface area contributed by atoms with Crippen molar-refractivity contribution in [2.75, 3.05) is 13.1 Å². The summed E-state index contributed by atoms with van der Waals surface area (Å²) in [6.07, 6.45) is 3.89. The van der Waals surface area contributed by atoms with Gasteiger partial charge in [-0.15, -0.1) is 0 Å². The summed E-state index contributed by atoms with van der Waals surface area (Å²) in [7, 11) is 0. The number of rotatable bonds is 2. The van der Waals surface area contributed by atoms with Crippen molar-refractivity contribution in [2.24, 2.45) is 17.3 Å². The van der Waals surface area contributed by atoms with E-state index in [9.17, 15) is 9.59 Å². The molecule has 0 N–H and O–H groups in total. The van der Waals surface area contributed by atoms with E-state index < -0.39 is 5.60 Å². The number of hydrogen-bond donors (Lipinski definition) is 0. The van der Waals surface area contributed by atoms with E-state index in [4.69, 9.17) is 4.74 Å². The lowest BCUT2D eigenvalue weighted by atomic mass is 9.76. The summed E-state index contributed by atoms with van der Waals surface area (Å²) < 4.78 is 5.41. The molecule has 2 rings (SSSR count). The molecule has 108 valence electrons. The van der Waals surface area contributed by atoms with Crippen molar-refractivity contribution in [2.45, 2.75) is 52.6 Å². The first-order chi connectivity index (χ1) is 8.77. The van der Waals surface area contributed by atoms with Crippen molar-refractivity contribution >= 4 is 12.4 Å². The monoisotopic (exact) mass is 267 g/mol. The maximum Gasteiger partial charge on any atom is 0.410 e. The fourth-order valence-corrected chi connectivity index (χ4v) is 3.21. The topological polar surface area (TPSA) is 46.6 Å². The molecule has 1 saturated carbocycles. The van der Waals surface area contributed by atoms with E-state index in [-0.39, 0.29) is 11.5 Å². The lowest BCUT2D eigenvalue weighted by molar-refractivity contribution is -0.115. The van der Waals surface area contributed by atoms with Gasteiger partial charge >= 0.3 is 6.09 Å². The normalized spacial score (nSPS) is 29.8. The predicted molar refractivity (Wildman–Crippen MR) is 72.8 cm³/mol. The van der Waals surface area contributed by atoms with Crippen LogP contribution in [0.3, 0.4) is 0 Å². The zero-order chi connectivity index (χ0) is 14.3. The maximum absolute atomic E-state index is 12.0. The highest BCUT2D eigenvalue weighted by Gasteiger charge is 2.52. The Morgan fingerprint density at radius 1 is 1.37 bits per heavy atom. The van der Waals surface area contributed by atoms with Crippen LogP contribution < -0.4 is 0 Å². The molecule has 1 saturated heterocycles. The average Bonchev–Trinajstić information content (AvgIpc) is 3.07. The Labute approximate surface area is 115 Å². The van der Waals surface area contributed by atoms with Crippen LogP contribution in [0.15, 0.2) is 0 Å². The van der Waals surface area contributed by atoms with Crippen molar-refractivity contribution in [3.05, 3.63) is 0 Å². The number of aldehydes is 1. The van der Waals surface area contributed by atoms with E-state index in [0.717, 1.165) is 25.5 Å². The third kappa shape index (κ3) is 3.10. The molecule has 2 fully saturated rings. The average molecular weight is 267 g/mol. The smallest absolute Gasteiger partial charge is 0.410 e. The van der Waals surface area contributed by atoms with Crippen LogP contribution in [0.2, 0.25) is 0 Å². The summed E-state index contributed by atoms with van der Waals surface area (Å²) in [5.74, 6) is 0.803. The number of carbonyl (C=O) groups excluding carboxylic acids is 2. The van der Waals surface area contributed by atoms with Gasteiger partial charge in [0, 0.05) is 18.5 Å². The lowest BCUT2D eigenvalue weighted by Crippen LogP contribution is -2.47. The first-order valence-corrected chi connectivity index (χ1v) is 7.22. The largest absolute Gasteiger partial charge is 0.444 e. The summed E-state index contributed by atoms with van der Waals surface area (Å²) >= 11 is 0. The number of piperidine rings is 1. The fraction of sp³-hybridized carbons (Fsp3) is 0.867. The van der Waals surface area contributed by atoms with Crippen LogP contribution >= 0.6 is 0 Å². The van der Waals surface area contributed by atoms with Crippen molar-refractivity contribution < 1.29 is 14.3 Å². The lowest BCUT2D eigenvalue weighted by Gasteiger charge is -2.39. The number of likely N-dealkylation sites (tertiary alicyclic amines) is 1. The standard InChI is InChI=1S/C15H25NO3/c1-11-9-16(13(18)19-14(2,3)4)8-5-12(11)15(10-17)6-7-15/h10-12H,5-9H2,1-4H3. The van der Waals surface area contributed by atoms with E-state index in [1.807, 2.05) is 20.8 Å². The first kappa shape index (κ1) is 14.4. The Morgan fingerprint density at radius 3 is 2.42 bits per heavy atom. The molecule has 4 heteroatoms. The van der Waals surface area contributed by atoms with E-state index in [1.54, 1.807) is 4.90 Å². The number of nitrogens with zero attached hydrogens (tertiary/aromatic N) is 1. The Bertz CT molecular complexity index is 368. The number of carbonyl (C=O) groups is 2. The van der Waals surface area contributed by atoms with Gasteiger partial charge in [0.05, 0.1) is 0 Å². The molecule has 1 amide bonds. The molecule has 0 bridgehead atoms. The van der Waals surface area contributed by atoms with Crippen LogP contribution in [-0.4, -0.2) is 36.0 Å². The molecule has 4 nitrogen and oxygen atoms in total. The quantitative estimate of drug-likeness (QED) is 0.723. The van der Waals surface area contributed by atoms with Gasteiger partial charge in [0.25, 0.3) is 0 Å². The van der Waals surface area contributed by atoms with Crippen LogP contribution in [0.25, 0.3) is 0 Å². The summed E-state index contributed by atoms with van der Waals surface area (Å²) in [4.78, 5) is 25.1. The molecule has 1 heterocycles. The van der Waals surface area contributed by atoms with Crippen molar-refractivity contribution in [1.82, 2.24) is 4.90 Å². The molecular formula is C15H25NO3. The zero-order valence-corrected chi connectivity index (χ0v) is 12.4. The maximum atomic E-state index is 12.0. The number of hydrogen-bond acceptors (Lipinski definition) is 3. The van der Waals surface area contributed by atoms with E-state index in [1.165, 1.54) is 0 Å². The van der Waals surface area contributed by atoms with E-state index in [2.05, 4.69) is 6.92 Å². The highest BCUT2D eigenvalue weighted by Crippen LogP contribution is 2.55. The van der Waals surface area contributed by atoms with Gasteiger partial charge in [0.15, 0.2) is 0 Å². The molecule has 0 aromatic rings. The van der Waals surface area contributed by atoms with E-state index >= 15 is 0 Å². The van der Waals surface area contributed by atoms with Gasteiger partial charge in [0.1, 0.15) is 11.9 Å². The Kier molecular flexibility index (Phi) is 3.63. The van der Waals surface area contributed by atoms with Gasteiger partial charge in [0.2, 0.25) is 0 Å². The molecule has 0 radical (unpaired) electrons. The fourth-order valence-electron chi connectivity index (χ4n) is 3.21. The summed E-state index contributed by atoms with van der Waals surface area (Å²) in [5.41, 5.74) is -0.517. The Balaban J connectivity index is 1.93. The molecular weight excluding hydrogens is 242 g/mol. The molecule has 2 unspecified atom stereocenters. The molecule has 0 spiro atoms. The highest BCUT2D eigenvalue weighted by molar-refractivity contribution is 5.68. The Morgan fingerprint density at radius 2 is 2.00 bits per heavy atom. The highest BCUT2D eigenvalue weighted by atomic mass is 16.6. The predicted octanol–water partition coefficient (Wildman–Crippen LogP) is 2.86. The number of ether oxygens (including phenoxy) is 1. The second-order valence-electron chi connectivity index (χ2n) is 7.15. The third-order valence-corrected chi connectivity index (χ3v) is 4.36. The van der Waals surface area contributed by atoms with E-state index in [0.29, 0.717) is 24.9 Å². The van der Waals surface area contributed by atoms with Gasteiger partial charge in [-0.3, -0.25) is 0 Å². The van der Waals surface area contributed by atoms with Crippen LogP contribution in [0.5, 0.6) is 0 Å². The Hall–Kier alpha value is -1.06. The molecule has 2 atom stereocenters. The van der Waals surface area contributed by atoms with Gasteiger partial charge in [-0.1, -0.05) is 6.92 Å². The molecule has 1 aliphatic carbocycles. The molecule has 2 aliphatic rings. The molecule has 0 aromatic heterocycles. The minimum Gasteiger partial charge on any atom is -0.444 e. The van der Waals surface area contributed by atoms with Crippen LogP contribution in [-0.2, 0) is 9.53 Å². The summed E-state index contributed by atoms with van der Waals surface area (Å²) in [5, 5.41) is 0. The minimum atomic E-state index is -0.447. The summed E-state index contributed by atoms with van der Waals surface area (Å²) in [6.45, 7) is 9.20. The van der Waals surface area contributed by atoms with Crippen molar-refractivity contribution in [1.29, 1.82) is 0 Å². The van der Waals surface area contributed by atoms with Gasteiger partial charge < -0.3 is 14.4 Å². The molecule has 1 aliphatic heterocycles. The summed E-state index contributed by atoms with van der Waals surface area (Å²) in [6, 6.07) is 0. The van der Waals surface area contributed by atoms with Gasteiger partial charge in [-0.25, -0.2) is 4.79 Å². The third-order valence-electron chi connectivity index (χ3n) is 4.36. The van der Waals surface area contributed by atoms with Crippen LogP contribution in [0.4, 0.5) is 4.79 Å². The SMILES string of the molecule is CC1CN(C(=O)OC(C)(C)C)CCC1C1(C=O)CC1. The van der Waals surface area contributed by atoms with Crippen LogP contribution in [0.1, 0.15) is 47.0 Å². The molecule has 19 heavy (non-hydrogen) atoms. The number of amides is 1. The zero-order valence-electron chi connectivity index (χ0n) is 12.4. The van der Waals surface area contributed by atoms with Crippen molar-refractivity contribution in [3.63, 3.8) is 0 Å². The second-order valence-corrected chi connectivity index (χ2v) is 7.15. The van der Waals surface area contributed by atoms with Crippen molar-refractivity contribution in [3.8, 4) is 0 Å².